The zero-order valence-electron chi connectivity index (χ0n) is 9.12. The highest BCUT2D eigenvalue weighted by Gasteiger charge is 2.05. The summed E-state index contributed by atoms with van der Waals surface area (Å²) in [6.07, 6.45) is 0. The van der Waals surface area contributed by atoms with Gasteiger partial charge in [0.15, 0.2) is 5.96 Å². The molecular formula is C11H15N3O2. The van der Waals surface area contributed by atoms with Gasteiger partial charge in [0.05, 0.1) is 12.1 Å². The molecule has 4 N–H and O–H groups in total. The molecule has 1 aromatic carbocycles. The van der Waals surface area contributed by atoms with Crippen molar-refractivity contribution >= 4 is 11.9 Å². The number of carbonyl (C=O) groups is 1. The van der Waals surface area contributed by atoms with Crippen molar-refractivity contribution in [3.05, 3.63) is 35.4 Å². The lowest BCUT2D eigenvalue weighted by Gasteiger charge is -2.06. The van der Waals surface area contributed by atoms with Crippen molar-refractivity contribution in [3.63, 3.8) is 0 Å². The van der Waals surface area contributed by atoms with Gasteiger partial charge in [-0.3, -0.25) is 5.41 Å². The fourth-order valence-corrected chi connectivity index (χ4v) is 1.10. The summed E-state index contributed by atoms with van der Waals surface area (Å²) in [6.45, 7) is 2.48. The molecule has 0 atom stereocenters. The molecule has 0 unspecified atom stereocenters. The molecule has 16 heavy (non-hydrogen) atoms. The maximum Gasteiger partial charge on any atom is 0.338 e. The summed E-state index contributed by atoms with van der Waals surface area (Å²) in [5, 5.41) is 9.44. The average Bonchev–Trinajstić information content (AvgIpc) is 2.25. The van der Waals surface area contributed by atoms with Crippen LogP contribution in [-0.4, -0.2) is 25.1 Å². The Balaban J connectivity index is 2.35. The zero-order valence-corrected chi connectivity index (χ0v) is 9.12. The molecule has 0 radical (unpaired) electrons. The summed E-state index contributed by atoms with van der Waals surface area (Å²) >= 11 is 0. The molecule has 0 fully saturated rings. The number of ether oxygens (including phenoxy) is 1. The van der Waals surface area contributed by atoms with Gasteiger partial charge in [0.2, 0.25) is 0 Å². The van der Waals surface area contributed by atoms with Gasteiger partial charge in [0, 0.05) is 0 Å². The van der Waals surface area contributed by atoms with E-state index in [1.54, 1.807) is 12.1 Å². The van der Waals surface area contributed by atoms with Crippen LogP contribution in [0.5, 0.6) is 0 Å². The Morgan fingerprint density at radius 2 is 2.06 bits per heavy atom. The molecule has 0 aliphatic rings. The van der Waals surface area contributed by atoms with E-state index in [0.29, 0.717) is 12.1 Å². The van der Waals surface area contributed by atoms with E-state index in [-0.39, 0.29) is 18.5 Å². The normalized spacial score (nSPS) is 9.56. The molecule has 0 aromatic heterocycles. The third-order valence-corrected chi connectivity index (χ3v) is 1.94. The average molecular weight is 221 g/mol. The molecule has 0 spiro atoms. The van der Waals surface area contributed by atoms with Gasteiger partial charge in [-0.1, -0.05) is 17.7 Å². The lowest BCUT2D eigenvalue weighted by Crippen LogP contribution is -2.33. The van der Waals surface area contributed by atoms with Gasteiger partial charge >= 0.3 is 5.97 Å². The molecule has 86 valence electrons. The zero-order chi connectivity index (χ0) is 12.0. The molecular weight excluding hydrogens is 206 g/mol. The number of guanidine groups is 1. The van der Waals surface area contributed by atoms with Crippen LogP contribution in [-0.2, 0) is 4.74 Å². The highest BCUT2D eigenvalue weighted by Crippen LogP contribution is 2.04. The summed E-state index contributed by atoms with van der Waals surface area (Å²) in [6, 6.07) is 7.14. The minimum atomic E-state index is -0.370. The maximum absolute atomic E-state index is 11.5. The SMILES string of the molecule is Cc1ccc(C(=O)OCCNC(=N)N)cc1. The van der Waals surface area contributed by atoms with E-state index < -0.39 is 0 Å². The number of carbonyl (C=O) groups excluding carboxylic acids is 1. The summed E-state index contributed by atoms with van der Waals surface area (Å²) in [5.41, 5.74) is 6.68. The Labute approximate surface area is 94.1 Å². The van der Waals surface area contributed by atoms with Crippen LogP contribution in [0, 0.1) is 12.3 Å². The summed E-state index contributed by atoms with van der Waals surface area (Å²) in [4.78, 5) is 11.5. The second-order valence-electron chi connectivity index (χ2n) is 3.34. The minimum Gasteiger partial charge on any atom is -0.460 e. The highest BCUT2D eigenvalue weighted by molar-refractivity contribution is 5.89. The molecule has 1 aromatic rings. The van der Waals surface area contributed by atoms with E-state index in [0.717, 1.165) is 5.56 Å². The molecule has 0 bridgehead atoms. The third kappa shape index (κ3) is 4.00. The van der Waals surface area contributed by atoms with Crippen LogP contribution >= 0.6 is 0 Å². The number of benzene rings is 1. The Morgan fingerprint density at radius 3 is 2.62 bits per heavy atom. The molecule has 1 rings (SSSR count). The minimum absolute atomic E-state index is 0.133. The molecule has 5 nitrogen and oxygen atoms in total. The van der Waals surface area contributed by atoms with Crippen LogP contribution in [0.1, 0.15) is 15.9 Å². The molecule has 0 saturated heterocycles. The number of esters is 1. The van der Waals surface area contributed by atoms with Crippen LogP contribution in [0.4, 0.5) is 0 Å². The monoisotopic (exact) mass is 221 g/mol. The van der Waals surface area contributed by atoms with Gasteiger partial charge in [-0.15, -0.1) is 0 Å². The lowest BCUT2D eigenvalue weighted by atomic mass is 10.1. The van der Waals surface area contributed by atoms with Gasteiger partial charge in [-0.25, -0.2) is 4.79 Å². The van der Waals surface area contributed by atoms with E-state index in [1.165, 1.54) is 0 Å². The first-order valence-electron chi connectivity index (χ1n) is 4.91. The number of aryl methyl sites for hydroxylation is 1. The Hall–Kier alpha value is -2.04. The van der Waals surface area contributed by atoms with Gasteiger partial charge in [-0.2, -0.15) is 0 Å². The maximum atomic E-state index is 11.5. The molecule has 0 saturated carbocycles. The quantitative estimate of drug-likeness (QED) is 0.301. The fourth-order valence-electron chi connectivity index (χ4n) is 1.10. The third-order valence-electron chi connectivity index (χ3n) is 1.94. The molecule has 0 aliphatic heterocycles. The van der Waals surface area contributed by atoms with Crippen molar-refractivity contribution in [2.75, 3.05) is 13.2 Å². The molecule has 0 heterocycles. The first-order valence-corrected chi connectivity index (χ1v) is 4.91. The van der Waals surface area contributed by atoms with Gasteiger partial charge < -0.3 is 15.8 Å². The molecule has 5 heteroatoms. The van der Waals surface area contributed by atoms with Gasteiger partial charge in [-0.05, 0) is 19.1 Å². The van der Waals surface area contributed by atoms with Crippen LogP contribution in [0.3, 0.4) is 0 Å². The van der Waals surface area contributed by atoms with Crippen LogP contribution < -0.4 is 11.1 Å². The summed E-state index contributed by atoms with van der Waals surface area (Å²) in [5.74, 6) is -0.503. The van der Waals surface area contributed by atoms with E-state index in [9.17, 15) is 4.79 Å². The largest absolute Gasteiger partial charge is 0.460 e. The van der Waals surface area contributed by atoms with Gasteiger partial charge in [0.1, 0.15) is 6.61 Å². The van der Waals surface area contributed by atoms with E-state index in [2.05, 4.69) is 5.32 Å². The van der Waals surface area contributed by atoms with Crippen LogP contribution in [0.15, 0.2) is 24.3 Å². The van der Waals surface area contributed by atoms with Crippen molar-refractivity contribution < 1.29 is 9.53 Å². The first-order chi connectivity index (χ1) is 7.59. The smallest absolute Gasteiger partial charge is 0.338 e. The van der Waals surface area contributed by atoms with E-state index >= 15 is 0 Å². The molecule has 0 amide bonds. The van der Waals surface area contributed by atoms with Crippen molar-refractivity contribution in [1.82, 2.24) is 5.32 Å². The van der Waals surface area contributed by atoms with Crippen molar-refractivity contribution in [1.29, 1.82) is 5.41 Å². The van der Waals surface area contributed by atoms with Crippen molar-refractivity contribution in [2.24, 2.45) is 5.73 Å². The number of nitrogens with one attached hydrogen (secondary N) is 2. The molecule has 0 aliphatic carbocycles. The number of nitrogens with two attached hydrogens (primary N) is 1. The van der Waals surface area contributed by atoms with Crippen molar-refractivity contribution in [2.45, 2.75) is 6.92 Å². The fraction of sp³-hybridized carbons (Fsp3) is 0.273. The number of hydrogen-bond acceptors (Lipinski definition) is 3. The Kier molecular flexibility index (Phi) is 4.32. The summed E-state index contributed by atoms with van der Waals surface area (Å²) in [7, 11) is 0. The lowest BCUT2D eigenvalue weighted by molar-refractivity contribution is 0.0512. The Bertz CT molecular complexity index is 373. The number of hydrogen-bond donors (Lipinski definition) is 3. The van der Waals surface area contributed by atoms with Crippen molar-refractivity contribution in [3.8, 4) is 0 Å². The number of rotatable bonds is 4. The Morgan fingerprint density at radius 1 is 1.44 bits per heavy atom. The highest BCUT2D eigenvalue weighted by atomic mass is 16.5. The van der Waals surface area contributed by atoms with Crippen LogP contribution in [0.2, 0.25) is 0 Å². The van der Waals surface area contributed by atoms with E-state index in [1.807, 2.05) is 19.1 Å². The predicted octanol–water partition coefficient (Wildman–Crippen LogP) is 0.635. The van der Waals surface area contributed by atoms with Gasteiger partial charge in [0.25, 0.3) is 0 Å². The topological polar surface area (TPSA) is 88.2 Å². The predicted molar refractivity (Wildman–Crippen MR) is 61.4 cm³/mol. The van der Waals surface area contributed by atoms with Crippen LogP contribution in [0.25, 0.3) is 0 Å². The second kappa shape index (κ2) is 5.75. The first kappa shape index (κ1) is 12.0. The summed E-state index contributed by atoms with van der Waals surface area (Å²) < 4.78 is 4.96. The van der Waals surface area contributed by atoms with E-state index in [4.69, 9.17) is 15.9 Å². The second-order valence-corrected chi connectivity index (χ2v) is 3.34. The standard InChI is InChI=1S/C11H15N3O2/c1-8-2-4-9(5-3-8)10(15)16-7-6-14-11(12)13/h2-5H,6-7H2,1H3,(H4,12,13,14).